The first-order valence-electron chi connectivity index (χ1n) is 7.50. The summed E-state index contributed by atoms with van der Waals surface area (Å²) < 4.78 is 0. The number of fused-ring (bicyclic) bond motifs is 3. The van der Waals surface area contributed by atoms with Crippen molar-refractivity contribution in [3.8, 4) is 0 Å². The van der Waals surface area contributed by atoms with E-state index in [0.29, 0.717) is 12.2 Å². The number of amides is 1. The summed E-state index contributed by atoms with van der Waals surface area (Å²) in [5.74, 6) is -0.117. The first-order chi connectivity index (χ1) is 11.3. The van der Waals surface area contributed by atoms with Gasteiger partial charge in [0.05, 0.1) is 11.0 Å². The number of H-pyrrole nitrogens is 1. The Labute approximate surface area is 133 Å². The van der Waals surface area contributed by atoms with E-state index in [-0.39, 0.29) is 5.91 Å². The van der Waals surface area contributed by atoms with Crippen molar-refractivity contribution in [1.82, 2.24) is 15.3 Å². The minimum atomic E-state index is -0.117. The third-order valence-electron chi connectivity index (χ3n) is 3.91. The van der Waals surface area contributed by atoms with Gasteiger partial charge in [0.2, 0.25) is 0 Å². The molecule has 112 valence electrons. The number of nitrogens with one attached hydrogen (secondary N) is 2. The molecule has 1 amide bonds. The Morgan fingerprint density at radius 1 is 1.00 bits per heavy atom. The molecule has 2 N–H and O–H groups in total. The quantitative estimate of drug-likeness (QED) is 0.607. The highest BCUT2D eigenvalue weighted by Gasteiger charge is 2.11. The Kier molecular flexibility index (Phi) is 3.27. The smallest absolute Gasteiger partial charge is 0.267 e. The molecule has 2 heterocycles. The van der Waals surface area contributed by atoms with Crippen LogP contribution < -0.4 is 5.32 Å². The minimum absolute atomic E-state index is 0.117. The van der Waals surface area contributed by atoms with Crippen molar-refractivity contribution in [3.63, 3.8) is 0 Å². The van der Waals surface area contributed by atoms with Gasteiger partial charge >= 0.3 is 0 Å². The Morgan fingerprint density at radius 2 is 1.83 bits per heavy atom. The molecule has 0 atom stereocenters. The van der Waals surface area contributed by atoms with Crippen LogP contribution in [-0.2, 0) is 6.54 Å². The van der Waals surface area contributed by atoms with Crippen molar-refractivity contribution in [2.75, 3.05) is 0 Å². The number of hydrogen-bond donors (Lipinski definition) is 2. The normalized spacial score (nSPS) is 11.0. The zero-order valence-corrected chi connectivity index (χ0v) is 12.4. The van der Waals surface area contributed by atoms with Crippen molar-refractivity contribution >= 4 is 27.7 Å². The van der Waals surface area contributed by atoms with Gasteiger partial charge in [0.1, 0.15) is 5.69 Å². The van der Waals surface area contributed by atoms with Gasteiger partial charge in [-0.25, -0.2) is 0 Å². The molecule has 2 aromatic carbocycles. The second-order valence-electron chi connectivity index (χ2n) is 5.46. The third kappa shape index (κ3) is 2.55. The van der Waals surface area contributed by atoms with Crippen LogP contribution in [0.1, 0.15) is 16.1 Å². The zero-order chi connectivity index (χ0) is 15.6. The summed E-state index contributed by atoms with van der Waals surface area (Å²) in [5, 5.41) is 4.97. The summed E-state index contributed by atoms with van der Waals surface area (Å²) in [7, 11) is 0. The van der Waals surface area contributed by atoms with Gasteiger partial charge in [0, 0.05) is 23.5 Å². The summed E-state index contributed by atoms with van der Waals surface area (Å²) in [6, 6.07) is 19.7. The molecule has 0 aliphatic carbocycles. The van der Waals surface area contributed by atoms with E-state index in [0.717, 1.165) is 27.4 Å². The molecule has 0 spiro atoms. The summed E-state index contributed by atoms with van der Waals surface area (Å²) in [5.41, 5.74) is 3.40. The number of aromatic amines is 1. The molecule has 0 radical (unpaired) electrons. The summed E-state index contributed by atoms with van der Waals surface area (Å²) >= 11 is 0. The van der Waals surface area contributed by atoms with Crippen LogP contribution in [0, 0.1) is 0 Å². The van der Waals surface area contributed by atoms with Crippen LogP contribution in [0.4, 0.5) is 0 Å². The maximum atomic E-state index is 12.4. The molecule has 0 aliphatic rings. The van der Waals surface area contributed by atoms with Crippen LogP contribution in [0.3, 0.4) is 0 Å². The van der Waals surface area contributed by atoms with Gasteiger partial charge in [-0.1, -0.05) is 48.5 Å². The van der Waals surface area contributed by atoms with Gasteiger partial charge in [-0.2, -0.15) is 0 Å². The Morgan fingerprint density at radius 3 is 2.70 bits per heavy atom. The van der Waals surface area contributed by atoms with Gasteiger partial charge in [0.25, 0.3) is 5.91 Å². The number of hydrogen-bond acceptors (Lipinski definition) is 2. The fourth-order valence-corrected chi connectivity index (χ4v) is 2.73. The van der Waals surface area contributed by atoms with Crippen LogP contribution in [0.2, 0.25) is 0 Å². The summed E-state index contributed by atoms with van der Waals surface area (Å²) in [6.45, 7) is 0.508. The summed E-state index contributed by atoms with van der Waals surface area (Å²) in [6.07, 6.45) is 1.76. The molecule has 4 heteroatoms. The van der Waals surface area contributed by atoms with Crippen LogP contribution in [0.15, 0.2) is 66.9 Å². The molecule has 2 aromatic heterocycles. The number of aromatic nitrogens is 2. The maximum absolute atomic E-state index is 12.4. The monoisotopic (exact) mass is 301 g/mol. The molecule has 0 saturated heterocycles. The first kappa shape index (κ1) is 13.5. The Balaban J connectivity index is 1.63. The average molecular weight is 301 g/mol. The highest BCUT2D eigenvalue weighted by atomic mass is 16.1. The standard InChI is InChI=1S/C19H15N3O/c23-19(21-12-13-5-2-1-3-6-13)16-11-15-9-8-14-7-4-10-20-17(14)18(15)22-16/h1-11,22H,12H2,(H,21,23). The van der Waals surface area contributed by atoms with Gasteiger partial charge in [-0.05, 0) is 17.7 Å². The van der Waals surface area contributed by atoms with E-state index >= 15 is 0 Å². The van der Waals surface area contributed by atoms with Crippen molar-refractivity contribution in [3.05, 3.63) is 78.1 Å². The number of rotatable bonds is 3. The molecular weight excluding hydrogens is 286 g/mol. The van der Waals surface area contributed by atoms with Crippen molar-refractivity contribution in [1.29, 1.82) is 0 Å². The first-order valence-corrected chi connectivity index (χ1v) is 7.50. The van der Waals surface area contributed by atoms with Gasteiger partial charge in [-0.3, -0.25) is 9.78 Å². The number of nitrogens with zero attached hydrogens (tertiary/aromatic N) is 1. The molecular formula is C19H15N3O. The van der Waals surface area contributed by atoms with Crippen LogP contribution in [-0.4, -0.2) is 15.9 Å². The predicted molar refractivity (Wildman–Crippen MR) is 91.2 cm³/mol. The number of carbonyl (C=O) groups excluding carboxylic acids is 1. The highest BCUT2D eigenvalue weighted by Crippen LogP contribution is 2.23. The molecule has 0 bridgehead atoms. The fraction of sp³-hybridized carbons (Fsp3) is 0.0526. The number of benzene rings is 2. The SMILES string of the molecule is O=C(NCc1ccccc1)c1cc2ccc3cccnc3c2[nH]1. The van der Waals surface area contributed by atoms with E-state index in [1.165, 1.54) is 0 Å². The Bertz CT molecular complexity index is 989. The minimum Gasteiger partial charge on any atom is -0.349 e. The fourth-order valence-electron chi connectivity index (χ4n) is 2.73. The van der Waals surface area contributed by atoms with Crippen molar-refractivity contribution in [2.24, 2.45) is 0 Å². The zero-order valence-electron chi connectivity index (χ0n) is 12.4. The van der Waals surface area contributed by atoms with Gasteiger partial charge in [-0.15, -0.1) is 0 Å². The lowest BCUT2D eigenvalue weighted by Crippen LogP contribution is -2.22. The van der Waals surface area contributed by atoms with Crippen LogP contribution in [0.5, 0.6) is 0 Å². The molecule has 0 fully saturated rings. The highest BCUT2D eigenvalue weighted by molar-refractivity contribution is 6.07. The largest absolute Gasteiger partial charge is 0.349 e. The van der Waals surface area contributed by atoms with Crippen LogP contribution in [0.25, 0.3) is 21.8 Å². The second-order valence-corrected chi connectivity index (χ2v) is 5.46. The average Bonchev–Trinajstić information content (AvgIpc) is 3.05. The molecule has 0 aliphatic heterocycles. The van der Waals surface area contributed by atoms with Gasteiger partial charge in [0.15, 0.2) is 0 Å². The van der Waals surface area contributed by atoms with Crippen molar-refractivity contribution in [2.45, 2.75) is 6.54 Å². The van der Waals surface area contributed by atoms with Gasteiger partial charge < -0.3 is 10.3 Å². The molecule has 4 rings (SSSR count). The Hall–Kier alpha value is -3.14. The van der Waals surface area contributed by atoms with Crippen molar-refractivity contribution < 1.29 is 4.79 Å². The lowest BCUT2D eigenvalue weighted by Gasteiger charge is -2.03. The second kappa shape index (κ2) is 5.57. The summed E-state index contributed by atoms with van der Waals surface area (Å²) in [4.78, 5) is 20.0. The molecule has 4 aromatic rings. The number of carbonyl (C=O) groups is 1. The lowest BCUT2D eigenvalue weighted by atomic mass is 10.1. The maximum Gasteiger partial charge on any atom is 0.267 e. The third-order valence-corrected chi connectivity index (χ3v) is 3.91. The molecule has 4 nitrogen and oxygen atoms in total. The predicted octanol–water partition coefficient (Wildman–Crippen LogP) is 3.65. The number of pyridine rings is 1. The molecule has 23 heavy (non-hydrogen) atoms. The van der Waals surface area contributed by atoms with E-state index < -0.39 is 0 Å². The molecule has 0 saturated carbocycles. The lowest BCUT2D eigenvalue weighted by molar-refractivity contribution is 0.0947. The van der Waals surface area contributed by atoms with E-state index in [1.54, 1.807) is 6.20 Å². The topological polar surface area (TPSA) is 57.8 Å². The molecule has 0 unspecified atom stereocenters. The van der Waals surface area contributed by atoms with E-state index in [4.69, 9.17) is 0 Å². The van der Waals surface area contributed by atoms with E-state index in [9.17, 15) is 4.79 Å². The van der Waals surface area contributed by atoms with E-state index in [2.05, 4.69) is 15.3 Å². The van der Waals surface area contributed by atoms with Crippen LogP contribution >= 0.6 is 0 Å². The van der Waals surface area contributed by atoms with E-state index in [1.807, 2.05) is 60.7 Å².